The number of anilines is 1. The molecule has 2 rings (SSSR count). The highest BCUT2D eigenvalue weighted by Crippen LogP contribution is 2.38. The summed E-state index contributed by atoms with van der Waals surface area (Å²) in [6, 6.07) is 4.98. The third kappa shape index (κ3) is 3.24. The van der Waals surface area contributed by atoms with Crippen LogP contribution in [-0.2, 0) is 4.79 Å². The maximum Gasteiger partial charge on any atom is 0.333 e. The van der Waals surface area contributed by atoms with Crippen molar-refractivity contribution in [2.45, 2.75) is 19.8 Å². The van der Waals surface area contributed by atoms with Gasteiger partial charge in [-0.2, -0.15) is 0 Å². The number of rotatable bonds is 5. The fourth-order valence-corrected chi connectivity index (χ4v) is 2.59. The second-order valence-electron chi connectivity index (χ2n) is 4.91. The summed E-state index contributed by atoms with van der Waals surface area (Å²) >= 11 is 0. The first-order valence-corrected chi connectivity index (χ1v) is 6.92. The number of carboxylic acids is 1. The molecule has 7 nitrogen and oxygen atoms in total. The van der Waals surface area contributed by atoms with Gasteiger partial charge in [0.2, 0.25) is 0 Å². The number of nitro benzene ring substituents is 1. The number of nitrogens with zero attached hydrogens (tertiary/aromatic N) is 2. The van der Waals surface area contributed by atoms with Crippen LogP contribution in [0, 0.1) is 16.0 Å². The SMILES string of the molecule is CCOc1cccc(N2CCC(C(=O)O)CC2)c1[N+](=O)[O-]. The molecule has 0 radical (unpaired) electrons. The molecule has 1 aromatic rings. The average Bonchev–Trinajstić information content (AvgIpc) is 2.47. The predicted octanol–water partition coefficient (Wildman–Crippen LogP) is 2.29. The van der Waals surface area contributed by atoms with E-state index in [2.05, 4.69) is 0 Å². The Morgan fingerprint density at radius 2 is 2.14 bits per heavy atom. The molecule has 1 aliphatic heterocycles. The maximum absolute atomic E-state index is 11.3. The largest absolute Gasteiger partial charge is 0.487 e. The molecule has 0 aromatic heterocycles. The van der Waals surface area contributed by atoms with Crippen LogP contribution in [0.2, 0.25) is 0 Å². The van der Waals surface area contributed by atoms with Gasteiger partial charge in [0.15, 0.2) is 5.75 Å². The Morgan fingerprint density at radius 1 is 1.48 bits per heavy atom. The average molecular weight is 294 g/mol. The topological polar surface area (TPSA) is 92.9 Å². The van der Waals surface area contributed by atoms with Crippen LogP contribution in [0.15, 0.2) is 18.2 Å². The van der Waals surface area contributed by atoms with Crippen molar-refractivity contribution in [1.82, 2.24) is 0 Å². The third-order valence-electron chi connectivity index (χ3n) is 3.65. The van der Waals surface area contributed by atoms with Gasteiger partial charge in [0.1, 0.15) is 5.69 Å². The highest BCUT2D eigenvalue weighted by molar-refractivity contribution is 5.72. The zero-order valence-electron chi connectivity index (χ0n) is 11.8. The van der Waals surface area contributed by atoms with Crippen molar-refractivity contribution in [3.8, 4) is 5.75 Å². The Balaban J connectivity index is 2.26. The van der Waals surface area contributed by atoms with Gasteiger partial charge < -0.3 is 14.7 Å². The second-order valence-corrected chi connectivity index (χ2v) is 4.91. The molecule has 7 heteroatoms. The summed E-state index contributed by atoms with van der Waals surface area (Å²) in [5, 5.41) is 20.3. The molecule has 1 aliphatic rings. The molecule has 1 saturated heterocycles. The van der Waals surface area contributed by atoms with Crippen LogP contribution in [0.5, 0.6) is 5.75 Å². The first kappa shape index (κ1) is 15.1. The van der Waals surface area contributed by atoms with E-state index < -0.39 is 10.9 Å². The second kappa shape index (κ2) is 6.43. The van der Waals surface area contributed by atoms with E-state index >= 15 is 0 Å². The Bertz CT molecular complexity index is 538. The van der Waals surface area contributed by atoms with Gasteiger partial charge in [0.25, 0.3) is 0 Å². The molecule has 1 fully saturated rings. The van der Waals surface area contributed by atoms with E-state index in [0.29, 0.717) is 38.2 Å². The molecular formula is C14H18N2O5. The number of hydrogen-bond donors (Lipinski definition) is 1. The number of ether oxygens (including phenoxy) is 1. The zero-order valence-corrected chi connectivity index (χ0v) is 11.8. The molecule has 21 heavy (non-hydrogen) atoms. The highest BCUT2D eigenvalue weighted by atomic mass is 16.6. The van der Waals surface area contributed by atoms with Gasteiger partial charge in [-0.25, -0.2) is 0 Å². The standard InChI is InChI=1S/C14H18N2O5/c1-2-21-12-5-3-4-11(13(12)16(19)20)15-8-6-10(7-9-15)14(17)18/h3-5,10H,2,6-9H2,1H3,(H,17,18). The van der Waals surface area contributed by atoms with Crippen molar-refractivity contribution in [3.05, 3.63) is 28.3 Å². The minimum Gasteiger partial charge on any atom is -0.487 e. The Morgan fingerprint density at radius 3 is 2.67 bits per heavy atom. The Labute approximate surface area is 122 Å². The van der Waals surface area contributed by atoms with Crippen LogP contribution in [0.25, 0.3) is 0 Å². The molecule has 0 atom stereocenters. The number of aliphatic carboxylic acids is 1. The number of benzene rings is 1. The normalized spacial score (nSPS) is 15.8. The first-order chi connectivity index (χ1) is 10.0. The molecule has 1 aromatic carbocycles. The lowest BCUT2D eigenvalue weighted by molar-refractivity contribution is -0.385. The van der Waals surface area contributed by atoms with Gasteiger partial charge in [0.05, 0.1) is 17.4 Å². The van der Waals surface area contributed by atoms with Crippen molar-refractivity contribution in [2.24, 2.45) is 5.92 Å². The van der Waals surface area contributed by atoms with Crippen LogP contribution >= 0.6 is 0 Å². The molecule has 0 aliphatic carbocycles. The molecule has 1 N–H and O–H groups in total. The monoisotopic (exact) mass is 294 g/mol. The fourth-order valence-electron chi connectivity index (χ4n) is 2.59. The summed E-state index contributed by atoms with van der Waals surface area (Å²) in [5.41, 5.74) is 0.447. The van der Waals surface area contributed by atoms with E-state index in [9.17, 15) is 14.9 Å². The smallest absolute Gasteiger partial charge is 0.333 e. The summed E-state index contributed by atoms with van der Waals surface area (Å²) < 4.78 is 5.33. The van der Waals surface area contributed by atoms with Gasteiger partial charge >= 0.3 is 11.7 Å². The van der Waals surface area contributed by atoms with E-state index in [1.165, 1.54) is 0 Å². The first-order valence-electron chi connectivity index (χ1n) is 6.92. The van der Waals surface area contributed by atoms with Crippen molar-refractivity contribution < 1.29 is 19.6 Å². The zero-order chi connectivity index (χ0) is 15.4. The summed E-state index contributed by atoms with van der Waals surface area (Å²) in [6.07, 6.45) is 0.983. The van der Waals surface area contributed by atoms with E-state index in [1.54, 1.807) is 25.1 Å². The van der Waals surface area contributed by atoms with Gasteiger partial charge in [-0.3, -0.25) is 14.9 Å². The van der Waals surface area contributed by atoms with E-state index in [1.807, 2.05) is 4.90 Å². The van der Waals surface area contributed by atoms with Gasteiger partial charge in [-0.05, 0) is 31.9 Å². The molecular weight excluding hydrogens is 276 g/mol. The van der Waals surface area contributed by atoms with Crippen LogP contribution < -0.4 is 9.64 Å². The lowest BCUT2D eigenvalue weighted by atomic mass is 9.96. The van der Waals surface area contributed by atoms with Crippen LogP contribution in [0.1, 0.15) is 19.8 Å². The van der Waals surface area contributed by atoms with Crippen LogP contribution in [0.3, 0.4) is 0 Å². The molecule has 1 heterocycles. The highest BCUT2D eigenvalue weighted by Gasteiger charge is 2.30. The van der Waals surface area contributed by atoms with Gasteiger partial charge in [0, 0.05) is 13.1 Å². The molecule has 0 bridgehead atoms. The van der Waals surface area contributed by atoms with Crippen molar-refractivity contribution in [2.75, 3.05) is 24.6 Å². The fraction of sp³-hybridized carbons (Fsp3) is 0.500. The molecule has 0 spiro atoms. The van der Waals surface area contributed by atoms with Crippen LogP contribution in [0.4, 0.5) is 11.4 Å². The summed E-state index contributed by atoms with van der Waals surface area (Å²) in [6.45, 7) is 3.11. The van der Waals surface area contributed by atoms with E-state index in [0.717, 1.165) is 0 Å². The molecule has 0 unspecified atom stereocenters. The van der Waals surface area contributed by atoms with Crippen molar-refractivity contribution >= 4 is 17.3 Å². The number of carbonyl (C=O) groups is 1. The summed E-state index contributed by atoms with van der Waals surface area (Å²) in [5.74, 6) is -0.914. The van der Waals surface area contributed by atoms with Gasteiger partial charge in [-0.1, -0.05) is 6.07 Å². The quantitative estimate of drug-likeness (QED) is 0.661. The van der Waals surface area contributed by atoms with Crippen LogP contribution in [-0.4, -0.2) is 35.7 Å². The molecule has 0 amide bonds. The van der Waals surface area contributed by atoms with E-state index in [4.69, 9.17) is 9.84 Å². The maximum atomic E-state index is 11.3. The number of para-hydroxylation sites is 1. The number of carboxylic acid groups (broad SMARTS) is 1. The van der Waals surface area contributed by atoms with Gasteiger partial charge in [-0.15, -0.1) is 0 Å². The van der Waals surface area contributed by atoms with Crippen molar-refractivity contribution in [3.63, 3.8) is 0 Å². The summed E-state index contributed by atoms with van der Waals surface area (Å²) in [4.78, 5) is 23.7. The molecule has 114 valence electrons. The minimum absolute atomic E-state index is 0.0480. The minimum atomic E-state index is -0.799. The number of nitro groups is 1. The van der Waals surface area contributed by atoms with Crippen molar-refractivity contribution in [1.29, 1.82) is 0 Å². The summed E-state index contributed by atoms with van der Waals surface area (Å²) in [7, 11) is 0. The number of hydrogen-bond acceptors (Lipinski definition) is 5. The predicted molar refractivity (Wildman–Crippen MR) is 76.8 cm³/mol. The lowest BCUT2D eigenvalue weighted by Gasteiger charge is -2.31. The number of piperidine rings is 1. The Hall–Kier alpha value is -2.31. The lowest BCUT2D eigenvalue weighted by Crippen LogP contribution is -2.36. The third-order valence-corrected chi connectivity index (χ3v) is 3.65. The van der Waals surface area contributed by atoms with E-state index in [-0.39, 0.29) is 17.4 Å². The molecule has 0 saturated carbocycles. The Kier molecular flexibility index (Phi) is 4.62.